The summed E-state index contributed by atoms with van der Waals surface area (Å²) >= 11 is 1.45. The maximum atomic E-state index is 11.3. The number of rotatable bonds is 4. The topological polar surface area (TPSA) is 43.6 Å². The normalized spacial score (nSPS) is 10.7. The van der Waals surface area contributed by atoms with Crippen LogP contribution in [0.1, 0.15) is 10.5 Å². The third-order valence-electron chi connectivity index (χ3n) is 2.90. The van der Waals surface area contributed by atoms with E-state index in [0.29, 0.717) is 10.7 Å². The molecule has 3 aromatic rings. The Morgan fingerprint density at radius 1 is 1.25 bits per heavy atom. The molecule has 4 nitrogen and oxygen atoms in total. The number of carbonyl (C=O) groups excluding carboxylic acids is 1. The lowest BCUT2D eigenvalue weighted by atomic mass is 10.3. The van der Waals surface area contributed by atoms with Crippen molar-refractivity contribution in [1.82, 2.24) is 9.38 Å². The molecule has 3 rings (SSSR count). The number of imidazole rings is 1. The van der Waals surface area contributed by atoms with Crippen molar-refractivity contribution in [1.29, 1.82) is 0 Å². The van der Waals surface area contributed by atoms with Crippen LogP contribution in [0, 0.1) is 0 Å². The first kappa shape index (κ1) is 12.7. The van der Waals surface area contributed by atoms with Gasteiger partial charge in [0.2, 0.25) is 0 Å². The minimum absolute atomic E-state index is 0.563. The van der Waals surface area contributed by atoms with E-state index in [1.165, 1.54) is 11.8 Å². The maximum Gasteiger partial charge on any atom is 0.169 e. The fraction of sp³-hybridized carbons (Fsp3) is 0.0667. The van der Waals surface area contributed by atoms with E-state index in [-0.39, 0.29) is 0 Å². The van der Waals surface area contributed by atoms with Crippen molar-refractivity contribution in [3.05, 3.63) is 54.4 Å². The smallest absolute Gasteiger partial charge is 0.169 e. The number of hydrogen-bond acceptors (Lipinski definition) is 4. The van der Waals surface area contributed by atoms with Crippen LogP contribution >= 0.6 is 11.8 Å². The molecule has 2 heterocycles. The summed E-state index contributed by atoms with van der Waals surface area (Å²) in [5, 5.41) is 0.694. The first-order chi connectivity index (χ1) is 9.81. The molecular formula is C15H12N2O2S. The molecule has 0 N–H and O–H groups in total. The lowest BCUT2D eigenvalue weighted by molar-refractivity contribution is 0.111. The molecule has 0 aliphatic carbocycles. The molecule has 0 radical (unpaired) electrons. The van der Waals surface area contributed by atoms with Crippen molar-refractivity contribution in [2.75, 3.05) is 7.11 Å². The van der Waals surface area contributed by atoms with E-state index < -0.39 is 0 Å². The third kappa shape index (κ3) is 2.28. The number of hydrogen-bond donors (Lipinski definition) is 0. The van der Waals surface area contributed by atoms with Gasteiger partial charge in [0.05, 0.1) is 7.11 Å². The highest BCUT2D eigenvalue weighted by atomic mass is 32.2. The van der Waals surface area contributed by atoms with Crippen LogP contribution in [0.5, 0.6) is 5.75 Å². The molecule has 0 aliphatic heterocycles. The number of methoxy groups -OCH3 is 1. The van der Waals surface area contributed by atoms with Crippen molar-refractivity contribution < 1.29 is 9.53 Å². The van der Waals surface area contributed by atoms with E-state index in [4.69, 9.17) is 4.74 Å². The van der Waals surface area contributed by atoms with E-state index in [0.717, 1.165) is 22.6 Å². The highest BCUT2D eigenvalue weighted by molar-refractivity contribution is 7.99. The monoisotopic (exact) mass is 284 g/mol. The molecule has 0 fully saturated rings. The largest absolute Gasteiger partial charge is 0.497 e. The van der Waals surface area contributed by atoms with Crippen molar-refractivity contribution in [3.8, 4) is 5.75 Å². The predicted molar refractivity (Wildman–Crippen MR) is 77.7 cm³/mol. The Bertz CT molecular complexity index is 767. The van der Waals surface area contributed by atoms with Crippen molar-refractivity contribution in [3.63, 3.8) is 0 Å². The number of pyridine rings is 1. The van der Waals surface area contributed by atoms with Gasteiger partial charge < -0.3 is 4.74 Å². The van der Waals surface area contributed by atoms with Gasteiger partial charge in [0.25, 0.3) is 0 Å². The summed E-state index contributed by atoms with van der Waals surface area (Å²) in [6.07, 6.45) is 2.67. The van der Waals surface area contributed by atoms with Gasteiger partial charge in [-0.2, -0.15) is 0 Å². The van der Waals surface area contributed by atoms with Crippen molar-refractivity contribution >= 4 is 23.7 Å². The first-order valence-electron chi connectivity index (χ1n) is 6.06. The number of aldehydes is 1. The molecule has 0 aliphatic rings. The first-order valence-corrected chi connectivity index (χ1v) is 6.87. The molecule has 0 saturated carbocycles. The summed E-state index contributed by atoms with van der Waals surface area (Å²) in [4.78, 5) is 16.8. The number of carbonyl (C=O) groups is 1. The van der Waals surface area contributed by atoms with Crippen LogP contribution in [0.3, 0.4) is 0 Å². The van der Waals surface area contributed by atoms with Gasteiger partial charge in [0.1, 0.15) is 22.1 Å². The standard InChI is InChI=1S/C15H12N2O2S/c1-19-11-5-4-6-12(9-11)20-15-13(10-18)17-8-3-2-7-14(17)16-15/h2-10H,1H3. The molecule has 20 heavy (non-hydrogen) atoms. The van der Waals surface area contributed by atoms with Crippen LogP contribution in [0.15, 0.2) is 58.6 Å². The molecule has 0 amide bonds. The zero-order chi connectivity index (χ0) is 13.9. The number of nitrogens with zero attached hydrogens (tertiary/aromatic N) is 2. The molecule has 2 aromatic heterocycles. The Morgan fingerprint density at radius 2 is 2.15 bits per heavy atom. The Morgan fingerprint density at radius 3 is 2.95 bits per heavy atom. The summed E-state index contributed by atoms with van der Waals surface area (Å²) in [5.41, 5.74) is 1.33. The maximum absolute atomic E-state index is 11.3. The lowest BCUT2D eigenvalue weighted by Crippen LogP contribution is -1.90. The third-order valence-corrected chi connectivity index (χ3v) is 3.88. The van der Waals surface area contributed by atoms with E-state index in [2.05, 4.69) is 4.98 Å². The Kier molecular flexibility index (Phi) is 3.43. The quantitative estimate of drug-likeness (QED) is 0.689. The highest BCUT2D eigenvalue weighted by Crippen LogP contribution is 2.31. The van der Waals surface area contributed by atoms with Gasteiger partial charge in [-0.3, -0.25) is 9.20 Å². The molecule has 0 atom stereocenters. The van der Waals surface area contributed by atoms with E-state index >= 15 is 0 Å². The molecule has 5 heteroatoms. The molecule has 0 saturated heterocycles. The van der Waals surface area contributed by atoms with Gasteiger partial charge in [-0.25, -0.2) is 4.98 Å². The van der Waals surface area contributed by atoms with Crippen LogP contribution in [0.4, 0.5) is 0 Å². The summed E-state index contributed by atoms with van der Waals surface area (Å²) in [6, 6.07) is 13.3. The number of aromatic nitrogens is 2. The van der Waals surface area contributed by atoms with Crippen LogP contribution < -0.4 is 4.74 Å². The zero-order valence-electron chi connectivity index (χ0n) is 10.8. The SMILES string of the molecule is COc1cccc(Sc2nc3ccccn3c2C=O)c1. The fourth-order valence-electron chi connectivity index (χ4n) is 1.95. The average molecular weight is 284 g/mol. The van der Waals surface area contributed by atoms with Gasteiger partial charge in [0, 0.05) is 11.1 Å². The second-order valence-electron chi connectivity index (χ2n) is 4.13. The van der Waals surface area contributed by atoms with Crippen LogP contribution in [0.2, 0.25) is 0 Å². The average Bonchev–Trinajstić information content (AvgIpc) is 2.84. The number of fused-ring (bicyclic) bond motifs is 1. The van der Waals surface area contributed by atoms with E-state index in [1.807, 2.05) is 48.7 Å². The van der Waals surface area contributed by atoms with Crippen molar-refractivity contribution in [2.24, 2.45) is 0 Å². The molecule has 0 spiro atoms. The molecule has 100 valence electrons. The minimum Gasteiger partial charge on any atom is -0.497 e. The van der Waals surface area contributed by atoms with Crippen LogP contribution in [-0.2, 0) is 0 Å². The van der Waals surface area contributed by atoms with Crippen LogP contribution in [0.25, 0.3) is 5.65 Å². The van der Waals surface area contributed by atoms with Crippen LogP contribution in [-0.4, -0.2) is 22.8 Å². The molecular weight excluding hydrogens is 272 g/mol. The highest BCUT2D eigenvalue weighted by Gasteiger charge is 2.12. The molecule has 0 unspecified atom stereocenters. The summed E-state index contributed by atoms with van der Waals surface area (Å²) in [6.45, 7) is 0. The van der Waals surface area contributed by atoms with Gasteiger partial charge >= 0.3 is 0 Å². The predicted octanol–water partition coefficient (Wildman–Crippen LogP) is 3.31. The fourth-order valence-corrected chi connectivity index (χ4v) is 2.89. The Labute approximate surface area is 120 Å². The van der Waals surface area contributed by atoms with E-state index in [9.17, 15) is 4.79 Å². The Balaban J connectivity index is 2.03. The lowest BCUT2D eigenvalue weighted by Gasteiger charge is -2.02. The second-order valence-corrected chi connectivity index (χ2v) is 5.19. The zero-order valence-corrected chi connectivity index (χ0v) is 11.6. The minimum atomic E-state index is 0.563. The number of ether oxygens (including phenoxy) is 1. The molecule has 1 aromatic carbocycles. The van der Waals surface area contributed by atoms with E-state index in [1.54, 1.807) is 11.5 Å². The summed E-state index contributed by atoms with van der Waals surface area (Å²) in [7, 11) is 1.63. The van der Waals surface area contributed by atoms with Gasteiger partial charge in [-0.05, 0) is 30.3 Å². The summed E-state index contributed by atoms with van der Waals surface area (Å²) in [5.74, 6) is 0.784. The molecule has 0 bridgehead atoms. The van der Waals surface area contributed by atoms with Gasteiger partial charge in [-0.1, -0.05) is 23.9 Å². The van der Waals surface area contributed by atoms with Gasteiger partial charge in [0.15, 0.2) is 6.29 Å². The second kappa shape index (κ2) is 5.38. The number of benzene rings is 1. The van der Waals surface area contributed by atoms with Crippen molar-refractivity contribution in [2.45, 2.75) is 9.92 Å². The Hall–Kier alpha value is -2.27. The summed E-state index contributed by atoms with van der Waals surface area (Å²) < 4.78 is 6.99. The van der Waals surface area contributed by atoms with Gasteiger partial charge in [-0.15, -0.1) is 0 Å².